The third-order valence-electron chi connectivity index (χ3n) is 5.71. The first-order valence-electron chi connectivity index (χ1n) is 12.6. The van der Waals surface area contributed by atoms with E-state index in [9.17, 15) is 34.2 Å². The Bertz CT molecular complexity index is 965. The van der Waals surface area contributed by atoms with Gasteiger partial charge in [0.15, 0.2) is 0 Å². The second kappa shape index (κ2) is 15.6. The molecule has 212 valence electrons. The van der Waals surface area contributed by atoms with Gasteiger partial charge in [-0.25, -0.2) is 4.79 Å². The number of benzene rings is 1. The maximum absolute atomic E-state index is 13.3. The number of rotatable bonds is 16. The number of amides is 4. The highest BCUT2D eigenvalue weighted by atomic mass is 16.4. The summed E-state index contributed by atoms with van der Waals surface area (Å²) in [6.07, 6.45) is 0.143. The quantitative estimate of drug-likeness (QED) is 0.154. The van der Waals surface area contributed by atoms with Gasteiger partial charge in [0.1, 0.15) is 23.9 Å². The van der Waals surface area contributed by atoms with E-state index in [2.05, 4.69) is 16.0 Å². The highest BCUT2D eigenvalue weighted by Gasteiger charge is 2.31. The van der Waals surface area contributed by atoms with E-state index in [0.29, 0.717) is 12.0 Å². The normalized spacial score (nSPS) is 14.3. The number of carboxylic acids is 1. The summed E-state index contributed by atoms with van der Waals surface area (Å²) in [5.74, 6) is -3.90. The molecule has 0 aliphatic heterocycles. The molecule has 12 nitrogen and oxygen atoms in total. The Morgan fingerprint density at radius 3 is 1.79 bits per heavy atom. The number of aliphatic carboxylic acids is 1. The molecule has 0 fully saturated rings. The molecule has 9 N–H and O–H groups in total. The van der Waals surface area contributed by atoms with E-state index in [1.54, 1.807) is 26.0 Å². The monoisotopic (exact) mass is 535 g/mol. The molecule has 0 bridgehead atoms. The van der Waals surface area contributed by atoms with Crippen molar-refractivity contribution in [3.63, 3.8) is 0 Å². The van der Waals surface area contributed by atoms with Gasteiger partial charge >= 0.3 is 5.97 Å². The molecule has 1 aromatic rings. The Hall–Kier alpha value is -3.67. The fourth-order valence-electron chi connectivity index (χ4n) is 3.76. The van der Waals surface area contributed by atoms with Crippen LogP contribution in [0.4, 0.5) is 0 Å². The first-order chi connectivity index (χ1) is 17.7. The zero-order valence-corrected chi connectivity index (χ0v) is 22.4. The molecule has 0 radical (unpaired) electrons. The molecule has 0 saturated heterocycles. The maximum Gasteiger partial charge on any atom is 0.326 e. The molecule has 1 aromatic carbocycles. The third-order valence-corrected chi connectivity index (χ3v) is 5.71. The van der Waals surface area contributed by atoms with E-state index in [1.807, 2.05) is 13.8 Å². The van der Waals surface area contributed by atoms with Gasteiger partial charge in [-0.2, -0.15) is 0 Å². The van der Waals surface area contributed by atoms with Gasteiger partial charge < -0.3 is 37.6 Å². The van der Waals surface area contributed by atoms with Crippen molar-refractivity contribution in [2.24, 2.45) is 23.3 Å². The molecule has 4 unspecified atom stereocenters. The molecule has 0 aromatic heterocycles. The SMILES string of the molecule is CC(C)CC(N)C(=O)NC(Cc1ccc(O)cc1)C(=O)NC(CCC(N)=O)C(=O)NC(CC(C)C)C(=O)O. The van der Waals surface area contributed by atoms with Crippen LogP contribution in [0.25, 0.3) is 0 Å². The van der Waals surface area contributed by atoms with Gasteiger partial charge in [0.05, 0.1) is 6.04 Å². The van der Waals surface area contributed by atoms with Crippen molar-refractivity contribution in [3.8, 4) is 5.75 Å². The number of hydrogen-bond donors (Lipinski definition) is 7. The third kappa shape index (κ3) is 12.0. The molecule has 0 aliphatic rings. The molecule has 12 heteroatoms. The molecular formula is C26H41N5O7. The molecule has 1 rings (SSSR count). The lowest BCUT2D eigenvalue weighted by atomic mass is 10.0. The van der Waals surface area contributed by atoms with Crippen molar-refractivity contribution >= 4 is 29.6 Å². The summed E-state index contributed by atoms with van der Waals surface area (Å²) in [6, 6.07) is 1.52. The predicted molar refractivity (Wildman–Crippen MR) is 141 cm³/mol. The zero-order valence-electron chi connectivity index (χ0n) is 22.4. The molecule has 38 heavy (non-hydrogen) atoms. The first-order valence-corrected chi connectivity index (χ1v) is 12.6. The van der Waals surface area contributed by atoms with Crippen LogP contribution in [0.1, 0.15) is 58.9 Å². The van der Waals surface area contributed by atoms with Crippen LogP contribution in [0.3, 0.4) is 0 Å². The Kier molecular flexibility index (Phi) is 13.2. The number of aromatic hydroxyl groups is 1. The Balaban J connectivity index is 3.17. The summed E-state index contributed by atoms with van der Waals surface area (Å²) in [4.78, 5) is 62.1. The number of nitrogens with two attached hydrogens (primary N) is 2. The van der Waals surface area contributed by atoms with Crippen molar-refractivity contribution in [3.05, 3.63) is 29.8 Å². The summed E-state index contributed by atoms with van der Waals surface area (Å²) < 4.78 is 0. The molecule has 4 amide bonds. The fraction of sp³-hybridized carbons (Fsp3) is 0.577. The maximum atomic E-state index is 13.3. The fourth-order valence-corrected chi connectivity index (χ4v) is 3.76. The summed E-state index contributed by atoms with van der Waals surface area (Å²) in [5.41, 5.74) is 11.8. The largest absolute Gasteiger partial charge is 0.508 e. The van der Waals surface area contributed by atoms with E-state index in [1.165, 1.54) is 12.1 Å². The van der Waals surface area contributed by atoms with Gasteiger partial charge in [0.2, 0.25) is 23.6 Å². The number of carboxylic acid groups (broad SMARTS) is 1. The lowest BCUT2D eigenvalue weighted by Crippen LogP contribution is -2.57. The van der Waals surface area contributed by atoms with Gasteiger partial charge in [-0.15, -0.1) is 0 Å². The Morgan fingerprint density at radius 2 is 1.29 bits per heavy atom. The highest BCUT2D eigenvalue weighted by Crippen LogP contribution is 2.13. The van der Waals surface area contributed by atoms with Crippen molar-refractivity contribution in [2.75, 3.05) is 0 Å². The molecule has 0 aliphatic carbocycles. The standard InChI is InChI=1S/C26H41N5O7/c1-14(2)11-18(27)23(34)30-20(13-16-5-7-17(32)8-6-16)25(36)29-19(9-10-22(28)33)24(35)31-21(26(37)38)12-15(3)4/h5-8,14-15,18-21,32H,9-13,27H2,1-4H3,(H2,28,33)(H,29,36)(H,30,34)(H,31,35)(H,37,38). The molecule has 0 spiro atoms. The van der Waals surface area contributed by atoms with Crippen LogP contribution >= 0.6 is 0 Å². The molecule has 0 heterocycles. The van der Waals surface area contributed by atoms with Crippen molar-refractivity contribution in [1.82, 2.24) is 16.0 Å². The first kappa shape index (κ1) is 32.4. The summed E-state index contributed by atoms with van der Waals surface area (Å²) in [6.45, 7) is 7.41. The van der Waals surface area contributed by atoms with E-state index < -0.39 is 53.8 Å². The Morgan fingerprint density at radius 1 is 0.789 bits per heavy atom. The topological polar surface area (TPSA) is 214 Å². The van der Waals surface area contributed by atoms with Crippen molar-refractivity contribution in [1.29, 1.82) is 0 Å². The molecular weight excluding hydrogens is 494 g/mol. The van der Waals surface area contributed by atoms with E-state index >= 15 is 0 Å². The zero-order chi connectivity index (χ0) is 29.0. The highest BCUT2D eigenvalue weighted by molar-refractivity contribution is 5.94. The lowest BCUT2D eigenvalue weighted by Gasteiger charge is -2.26. The summed E-state index contributed by atoms with van der Waals surface area (Å²) in [5, 5.41) is 26.6. The second-order valence-electron chi connectivity index (χ2n) is 10.3. The number of carbonyl (C=O) groups is 5. The second-order valence-corrected chi connectivity index (χ2v) is 10.3. The van der Waals surface area contributed by atoms with Crippen LogP contribution in [0, 0.1) is 11.8 Å². The summed E-state index contributed by atoms with van der Waals surface area (Å²) >= 11 is 0. The van der Waals surface area contributed by atoms with E-state index in [4.69, 9.17) is 11.5 Å². The van der Waals surface area contributed by atoms with Gasteiger partial charge in [0, 0.05) is 12.8 Å². The number of carbonyl (C=O) groups excluding carboxylic acids is 4. The van der Waals surface area contributed by atoms with Crippen LogP contribution in [0.15, 0.2) is 24.3 Å². The average Bonchev–Trinajstić information content (AvgIpc) is 2.80. The number of phenols is 1. The minimum atomic E-state index is -1.28. The number of nitrogens with one attached hydrogen (secondary N) is 3. The van der Waals surface area contributed by atoms with Crippen LogP contribution < -0.4 is 27.4 Å². The number of phenolic OH excluding ortho intramolecular Hbond substituents is 1. The lowest BCUT2D eigenvalue weighted by molar-refractivity contribution is -0.143. The molecule has 4 atom stereocenters. The van der Waals surface area contributed by atoms with Gasteiger partial charge in [-0.3, -0.25) is 19.2 Å². The van der Waals surface area contributed by atoms with Crippen LogP contribution in [-0.2, 0) is 30.4 Å². The van der Waals surface area contributed by atoms with E-state index in [-0.39, 0.29) is 43.3 Å². The molecule has 0 saturated carbocycles. The minimum absolute atomic E-state index is 0.0154. The van der Waals surface area contributed by atoms with Crippen LogP contribution in [-0.4, -0.2) is 64.0 Å². The predicted octanol–water partition coefficient (Wildman–Crippen LogP) is 0.159. The van der Waals surface area contributed by atoms with Crippen LogP contribution in [0.5, 0.6) is 5.75 Å². The number of primary amides is 1. The minimum Gasteiger partial charge on any atom is -0.508 e. The average molecular weight is 536 g/mol. The van der Waals surface area contributed by atoms with Gasteiger partial charge in [-0.05, 0) is 48.8 Å². The smallest absolute Gasteiger partial charge is 0.326 e. The van der Waals surface area contributed by atoms with Crippen molar-refractivity contribution < 1.29 is 34.2 Å². The van der Waals surface area contributed by atoms with Crippen molar-refractivity contribution in [2.45, 2.75) is 84.0 Å². The Labute approximate surface area is 222 Å². The van der Waals surface area contributed by atoms with Gasteiger partial charge in [-0.1, -0.05) is 39.8 Å². The van der Waals surface area contributed by atoms with E-state index in [0.717, 1.165) is 0 Å². The van der Waals surface area contributed by atoms with Crippen LogP contribution in [0.2, 0.25) is 0 Å². The van der Waals surface area contributed by atoms with Gasteiger partial charge in [0.25, 0.3) is 0 Å². The summed E-state index contributed by atoms with van der Waals surface area (Å²) in [7, 11) is 0. The number of hydrogen-bond acceptors (Lipinski definition) is 7.